The highest BCUT2D eigenvalue weighted by Crippen LogP contribution is 2.31. The molecule has 0 saturated carbocycles. The van der Waals surface area contributed by atoms with Crippen molar-refractivity contribution in [2.24, 2.45) is 4.99 Å². The second kappa shape index (κ2) is 5.87. The Morgan fingerprint density at radius 1 is 1.08 bits per heavy atom. The first-order valence-electron chi connectivity index (χ1n) is 7.70. The van der Waals surface area contributed by atoms with Crippen LogP contribution in [0.25, 0.3) is 5.69 Å². The highest BCUT2D eigenvalue weighted by molar-refractivity contribution is 9.10. The van der Waals surface area contributed by atoms with Gasteiger partial charge in [0.2, 0.25) is 0 Å². The number of hydrogen-bond acceptors (Lipinski definition) is 2. The van der Waals surface area contributed by atoms with Crippen molar-refractivity contribution in [2.75, 3.05) is 0 Å². The van der Waals surface area contributed by atoms with Gasteiger partial charge in [0, 0.05) is 26.3 Å². The zero-order valence-corrected chi connectivity index (χ0v) is 15.7. The molecular formula is C19H15BrClN3. The Kier molecular flexibility index (Phi) is 3.82. The lowest BCUT2D eigenvalue weighted by Gasteiger charge is -2.14. The van der Waals surface area contributed by atoms with E-state index in [2.05, 4.69) is 39.6 Å². The number of fused-ring (bicyclic) bond motifs is 3. The first-order chi connectivity index (χ1) is 11.6. The lowest BCUT2D eigenvalue weighted by molar-refractivity contribution is 0.863. The molecule has 4 rings (SSSR count). The van der Waals surface area contributed by atoms with Crippen LogP contribution >= 0.6 is 27.5 Å². The molecule has 5 heteroatoms. The molecule has 1 aliphatic heterocycles. The standard InChI is InChI=1S/C19H15BrClN3/c1-11-12(2)24-17-8-7-13(20)9-15(17)19(22-10-18(24)23-11)14-5-3-4-6-16(14)21/h3-9H,10H2,1-2H3. The lowest BCUT2D eigenvalue weighted by Crippen LogP contribution is -2.08. The van der Waals surface area contributed by atoms with Gasteiger partial charge >= 0.3 is 0 Å². The van der Waals surface area contributed by atoms with Crippen LogP contribution in [-0.4, -0.2) is 15.3 Å². The summed E-state index contributed by atoms with van der Waals surface area (Å²) < 4.78 is 3.21. The fourth-order valence-electron chi connectivity index (χ4n) is 3.12. The normalized spacial score (nSPS) is 13.1. The Bertz CT molecular complexity index is 988. The van der Waals surface area contributed by atoms with Crippen LogP contribution in [0.1, 0.15) is 28.3 Å². The van der Waals surface area contributed by atoms with Crippen LogP contribution in [-0.2, 0) is 6.54 Å². The van der Waals surface area contributed by atoms with E-state index in [-0.39, 0.29) is 0 Å². The number of nitrogens with zero attached hydrogens (tertiary/aromatic N) is 3. The molecule has 0 aliphatic carbocycles. The Balaban J connectivity index is 2.03. The Labute approximate surface area is 154 Å². The largest absolute Gasteiger partial charge is 0.298 e. The van der Waals surface area contributed by atoms with Crippen molar-refractivity contribution in [3.8, 4) is 5.69 Å². The summed E-state index contributed by atoms with van der Waals surface area (Å²) in [5, 5.41) is 0.703. The molecule has 24 heavy (non-hydrogen) atoms. The number of rotatable bonds is 1. The van der Waals surface area contributed by atoms with Gasteiger partial charge in [-0.2, -0.15) is 0 Å². The molecule has 1 aliphatic rings. The molecule has 0 saturated heterocycles. The summed E-state index contributed by atoms with van der Waals surface area (Å²) in [6.07, 6.45) is 0. The number of aryl methyl sites for hydroxylation is 1. The predicted molar refractivity (Wildman–Crippen MR) is 102 cm³/mol. The first kappa shape index (κ1) is 15.6. The van der Waals surface area contributed by atoms with Crippen molar-refractivity contribution in [2.45, 2.75) is 20.4 Å². The van der Waals surface area contributed by atoms with E-state index in [9.17, 15) is 0 Å². The van der Waals surface area contributed by atoms with Crippen LogP contribution in [0, 0.1) is 13.8 Å². The second-order valence-corrected chi connectivity index (χ2v) is 7.16. The van der Waals surface area contributed by atoms with Gasteiger partial charge in [0.05, 0.1) is 23.6 Å². The van der Waals surface area contributed by atoms with Gasteiger partial charge in [-0.05, 0) is 38.1 Å². The van der Waals surface area contributed by atoms with E-state index in [0.717, 1.165) is 44.2 Å². The number of aromatic nitrogens is 2. The third-order valence-electron chi connectivity index (χ3n) is 4.38. The van der Waals surface area contributed by atoms with E-state index in [1.807, 2.05) is 37.3 Å². The molecule has 1 aromatic heterocycles. The maximum Gasteiger partial charge on any atom is 0.135 e. The molecule has 0 amide bonds. The average molecular weight is 401 g/mol. The summed E-state index contributed by atoms with van der Waals surface area (Å²) in [5.74, 6) is 0.954. The molecule has 2 heterocycles. The molecular weight excluding hydrogens is 386 g/mol. The zero-order chi connectivity index (χ0) is 16.8. The number of halogens is 2. The van der Waals surface area contributed by atoms with Gasteiger partial charge in [-0.25, -0.2) is 4.98 Å². The molecule has 3 nitrogen and oxygen atoms in total. The Morgan fingerprint density at radius 2 is 1.88 bits per heavy atom. The van der Waals surface area contributed by atoms with Gasteiger partial charge in [0.15, 0.2) is 0 Å². The minimum absolute atomic E-state index is 0.529. The molecule has 0 atom stereocenters. The van der Waals surface area contributed by atoms with E-state index in [4.69, 9.17) is 21.6 Å². The SMILES string of the molecule is Cc1nc2n(c1C)-c1ccc(Br)cc1C(c1ccccc1Cl)=NC2. The summed E-state index contributed by atoms with van der Waals surface area (Å²) in [7, 11) is 0. The van der Waals surface area contributed by atoms with Crippen molar-refractivity contribution < 1.29 is 0 Å². The number of hydrogen-bond donors (Lipinski definition) is 0. The topological polar surface area (TPSA) is 30.2 Å². The van der Waals surface area contributed by atoms with Crippen LogP contribution in [0.2, 0.25) is 5.02 Å². The first-order valence-corrected chi connectivity index (χ1v) is 8.88. The fourth-order valence-corrected chi connectivity index (χ4v) is 3.70. The van der Waals surface area contributed by atoms with Crippen LogP contribution < -0.4 is 0 Å². The molecule has 0 unspecified atom stereocenters. The van der Waals surface area contributed by atoms with Gasteiger partial charge < -0.3 is 0 Å². The van der Waals surface area contributed by atoms with Crippen LogP contribution in [0.15, 0.2) is 51.9 Å². The smallest absolute Gasteiger partial charge is 0.135 e. The molecule has 3 aromatic rings. The highest BCUT2D eigenvalue weighted by atomic mass is 79.9. The van der Waals surface area contributed by atoms with Crippen molar-refractivity contribution in [1.29, 1.82) is 0 Å². The van der Waals surface area contributed by atoms with Crippen LogP contribution in [0.3, 0.4) is 0 Å². The average Bonchev–Trinajstić information content (AvgIpc) is 2.75. The van der Waals surface area contributed by atoms with Gasteiger partial charge in [0.1, 0.15) is 5.82 Å². The third-order valence-corrected chi connectivity index (χ3v) is 5.20. The summed E-state index contributed by atoms with van der Waals surface area (Å²) in [4.78, 5) is 9.55. The van der Waals surface area contributed by atoms with E-state index in [0.29, 0.717) is 11.6 Å². The second-order valence-electron chi connectivity index (χ2n) is 5.84. The van der Waals surface area contributed by atoms with E-state index < -0.39 is 0 Å². The maximum absolute atomic E-state index is 6.44. The molecule has 0 radical (unpaired) electrons. The summed E-state index contributed by atoms with van der Waals surface area (Å²) in [6.45, 7) is 4.66. The zero-order valence-electron chi connectivity index (χ0n) is 13.3. The van der Waals surface area contributed by atoms with Gasteiger partial charge in [-0.3, -0.25) is 9.56 Å². The molecule has 0 N–H and O–H groups in total. The monoisotopic (exact) mass is 399 g/mol. The number of benzene rings is 2. The van der Waals surface area contributed by atoms with Crippen molar-refractivity contribution >= 4 is 33.2 Å². The fraction of sp³-hybridized carbons (Fsp3) is 0.158. The molecule has 0 spiro atoms. The van der Waals surface area contributed by atoms with Crippen molar-refractivity contribution in [1.82, 2.24) is 9.55 Å². The van der Waals surface area contributed by atoms with Gasteiger partial charge in [0.25, 0.3) is 0 Å². The van der Waals surface area contributed by atoms with E-state index in [1.165, 1.54) is 0 Å². The van der Waals surface area contributed by atoms with E-state index >= 15 is 0 Å². The quantitative estimate of drug-likeness (QED) is 0.548. The predicted octanol–water partition coefficient (Wildman–Crippen LogP) is 5.26. The molecule has 0 bridgehead atoms. The van der Waals surface area contributed by atoms with Crippen LogP contribution in [0.5, 0.6) is 0 Å². The Hall–Kier alpha value is -1.91. The summed E-state index contributed by atoms with van der Waals surface area (Å²) in [5.41, 5.74) is 6.16. The molecule has 2 aromatic carbocycles. The van der Waals surface area contributed by atoms with Gasteiger partial charge in [-0.1, -0.05) is 45.7 Å². The highest BCUT2D eigenvalue weighted by Gasteiger charge is 2.23. The minimum Gasteiger partial charge on any atom is -0.298 e. The summed E-state index contributed by atoms with van der Waals surface area (Å²) in [6, 6.07) is 14.1. The molecule has 120 valence electrons. The number of imidazole rings is 1. The maximum atomic E-state index is 6.44. The Morgan fingerprint density at radius 3 is 2.67 bits per heavy atom. The van der Waals surface area contributed by atoms with Crippen molar-refractivity contribution in [3.63, 3.8) is 0 Å². The van der Waals surface area contributed by atoms with E-state index in [1.54, 1.807) is 0 Å². The van der Waals surface area contributed by atoms with Crippen molar-refractivity contribution in [3.05, 3.63) is 80.3 Å². The minimum atomic E-state index is 0.529. The van der Waals surface area contributed by atoms with Gasteiger partial charge in [-0.15, -0.1) is 0 Å². The third kappa shape index (κ3) is 2.41. The molecule has 0 fully saturated rings. The van der Waals surface area contributed by atoms with Crippen LogP contribution in [0.4, 0.5) is 0 Å². The summed E-state index contributed by atoms with van der Waals surface area (Å²) >= 11 is 10.0. The lowest BCUT2D eigenvalue weighted by atomic mass is 10.0. The number of aliphatic imine (C=N–C) groups is 1.